The number of rotatable bonds is 6. The molecule has 3 nitrogen and oxygen atoms in total. The smallest absolute Gasteiger partial charge is 0.131 e. The van der Waals surface area contributed by atoms with E-state index in [1.54, 1.807) is 0 Å². The molecule has 1 fully saturated rings. The lowest BCUT2D eigenvalue weighted by molar-refractivity contribution is -0.0128. The van der Waals surface area contributed by atoms with Crippen molar-refractivity contribution in [2.24, 2.45) is 5.92 Å². The van der Waals surface area contributed by atoms with Gasteiger partial charge in [-0.2, -0.15) is 0 Å². The molecule has 1 heterocycles. The van der Waals surface area contributed by atoms with Gasteiger partial charge in [-0.25, -0.2) is 8.78 Å². The second kappa shape index (κ2) is 7.99. The number of piperidine rings is 1. The molecular formula is C17H25F2NO2. The van der Waals surface area contributed by atoms with Gasteiger partial charge in [0.15, 0.2) is 0 Å². The van der Waals surface area contributed by atoms with E-state index in [9.17, 15) is 13.9 Å². The van der Waals surface area contributed by atoms with Crippen molar-refractivity contribution in [3.05, 3.63) is 35.4 Å². The molecule has 1 aliphatic heterocycles. The molecule has 0 aromatic heterocycles. The molecule has 1 aliphatic rings. The number of likely N-dealkylation sites (tertiary alicyclic amines) is 1. The van der Waals surface area contributed by atoms with E-state index in [0.717, 1.165) is 32.5 Å². The average molecular weight is 313 g/mol. The van der Waals surface area contributed by atoms with Crippen LogP contribution >= 0.6 is 0 Å². The number of aliphatic hydroxyl groups excluding tert-OH is 1. The molecule has 5 heteroatoms. The summed E-state index contributed by atoms with van der Waals surface area (Å²) in [5, 5.41) is 10.1. The van der Waals surface area contributed by atoms with Gasteiger partial charge >= 0.3 is 0 Å². The second-order valence-corrected chi connectivity index (χ2v) is 6.38. The van der Waals surface area contributed by atoms with Gasteiger partial charge in [-0.15, -0.1) is 0 Å². The fourth-order valence-electron chi connectivity index (χ4n) is 2.75. The van der Waals surface area contributed by atoms with Crippen LogP contribution in [-0.2, 0) is 4.74 Å². The van der Waals surface area contributed by atoms with Crippen molar-refractivity contribution >= 4 is 0 Å². The van der Waals surface area contributed by atoms with Crippen molar-refractivity contribution in [1.29, 1.82) is 0 Å². The summed E-state index contributed by atoms with van der Waals surface area (Å²) in [5.41, 5.74) is -0.235. The van der Waals surface area contributed by atoms with E-state index >= 15 is 0 Å². The fraction of sp³-hybridized carbons (Fsp3) is 0.647. The van der Waals surface area contributed by atoms with Gasteiger partial charge in [0.2, 0.25) is 0 Å². The lowest BCUT2D eigenvalue weighted by Crippen LogP contribution is -2.39. The van der Waals surface area contributed by atoms with E-state index in [-0.39, 0.29) is 18.2 Å². The fourth-order valence-corrected chi connectivity index (χ4v) is 2.75. The summed E-state index contributed by atoms with van der Waals surface area (Å²) in [4.78, 5) is 2.03. The Labute approximate surface area is 130 Å². The second-order valence-electron chi connectivity index (χ2n) is 6.38. The normalized spacial score (nSPS) is 18.8. The highest BCUT2D eigenvalue weighted by Gasteiger charge is 2.24. The van der Waals surface area contributed by atoms with E-state index in [1.165, 1.54) is 18.2 Å². The summed E-state index contributed by atoms with van der Waals surface area (Å²) in [6.45, 7) is 6.79. The average Bonchev–Trinajstić information content (AvgIpc) is 2.46. The molecule has 22 heavy (non-hydrogen) atoms. The topological polar surface area (TPSA) is 32.7 Å². The molecule has 0 saturated carbocycles. The Morgan fingerprint density at radius 2 is 1.82 bits per heavy atom. The molecule has 1 atom stereocenters. The molecule has 0 amide bonds. The lowest BCUT2D eigenvalue weighted by atomic mass is 10.0. The maximum atomic E-state index is 13.7. The van der Waals surface area contributed by atoms with E-state index in [1.807, 2.05) is 4.90 Å². The Balaban J connectivity index is 1.83. The highest BCUT2D eigenvalue weighted by Crippen LogP contribution is 2.23. The first-order chi connectivity index (χ1) is 10.5. The van der Waals surface area contributed by atoms with Crippen LogP contribution in [0, 0.1) is 17.6 Å². The van der Waals surface area contributed by atoms with E-state index in [2.05, 4.69) is 13.8 Å². The van der Waals surface area contributed by atoms with E-state index in [4.69, 9.17) is 4.74 Å². The van der Waals surface area contributed by atoms with Crippen LogP contribution in [0.3, 0.4) is 0 Å². The standard InChI is InChI=1S/C17H25F2NO2/c1-12(2)11-22-13-6-8-20(9-7-13)10-16(21)17-14(18)4-3-5-15(17)19/h3-5,12-13,16,21H,6-11H2,1-2H3. The molecule has 124 valence electrons. The minimum absolute atomic E-state index is 0.235. The summed E-state index contributed by atoms with van der Waals surface area (Å²) < 4.78 is 33.1. The molecule has 0 bridgehead atoms. The Bertz CT molecular complexity index is 453. The monoisotopic (exact) mass is 313 g/mol. The Kier molecular flexibility index (Phi) is 6.29. The van der Waals surface area contributed by atoms with Crippen molar-refractivity contribution in [2.75, 3.05) is 26.2 Å². The summed E-state index contributed by atoms with van der Waals surface area (Å²) >= 11 is 0. The third-order valence-corrected chi connectivity index (χ3v) is 3.96. The van der Waals surface area contributed by atoms with Crippen LogP contribution in [0.1, 0.15) is 38.4 Å². The number of ether oxygens (including phenoxy) is 1. The molecule has 1 N–H and O–H groups in total. The summed E-state index contributed by atoms with van der Waals surface area (Å²) in [6.07, 6.45) is 0.883. The first kappa shape index (κ1) is 17.3. The van der Waals surface area contributed by atoms with Crippen LogP contribution < -0.4 is 0 Å². The lowest BCUT2D eigenvalue weighted by Gasteiger charge is -2.33. The molecule has 1 saturated heterocycles. The maximum Gasteiger partial charge on any atom is 0.131 e. The Morgan fingerprint density at radius 3 is 2.36 bits per heavy atom. The Hall–Kier alpha value is -1.04. The molecule has 1 unspecified atom stereocenters. The molecule has 0 spiro atoms. The van der Waals surface area contributed by atoms with Crippen LogP contribution in [0.15, 0.2) is 18.2 Å². The minimum Gasteiger partial charge on any atom is -0.387 e. The van der Waals surface area contributed by atoms with Crippen LogP contribution in [0.2, 0.25) is 0 Å². The van der Waals surface area contributed by atoms with Gasteiger partial charge in [0.1, 0.15) is 11.6 Å². The van der Waals surface area contributed by atoms with Crippen LogP contribution in [0.5, 0.6) is 0 Å². The number of halogens is 2. The quantitative estimate of drug-likeness (QED) is 0.876. The Morgan fingerprint density at radius 1 is 1.23 bits per heavy atom. The molecule has 0 aliphatic carbocycles. The van der Waals surface area contributed by atoms with Crippen molar-refractivity contribution in [3.8, 4) is 0 Å². The predicted octanol–water partition coefficient (Wildman–Crippen LogP) is 3.14. The van der Waals surface area contributed by atoms with Gasteiger partial charge in [-0.3, -0.25) is 0 Å². The SMILES string of the molecule is CC(C)COC1CCN(CC(O)c2c(F)cccc2F)CC1. The van der Waals surface area contributed by atoms with Crippen LogP contribution in [-0.4, -0.2) is 42.4 Å². The third kappa shape index (κ3) is 4.73. The molecular weight excluding hydrogens is 288 g/mol. The summed E-state index contributed by atoms with van der Waals surface area (Å²) in [6, 6.07) is 3.65. The molecule has 1 aromatic rings. The zero-order valence-corrected chi connectivity index (χ0v) is 13.3. The first-order valence-corrected chi connectivity index (χ1v) is 7.93. The van der Waals surface area contributed by atoms with Gasteiger partial charge in [0.05, 0.1) is 17.8 Å². The largest absolute Gasteiger partial charge is 0.387 e. The zero-order valence-electron chi connectivity index (χ0n) is 13.3. The summed E-state index contributed by atoms with van der Waals surface area (Å²) in [5.74, 6) is -0.866. The number of hydrogen-bond acceptors (Lipinski definition) is 3. The van der Waals surface area contributed by atoms with Crippen molar-refractivity contribution < 1.29 is 18.6 Å². The predicted molar refractivity (Wildman–Crippen MR) is 81.6 cm³/mol. The highest BCUT2D eigenvalue weighted by atomic mass is 19.1. The van der Waals surface area contributed by atoms with Gasteiger partial charge in [0.25, 0.3) is 0 Å². The van der Waals surface area contributed by atoms with E-state index in [0.29, 0.717) is 5.92 Å². The van der Waals surface area contributed by atoms with E-state index < -0.39 is 17.7 Å². The van der Waals surface area contributed by atoms with Crippen molar-refractivity contribution in [2.45, 2.75) is 38.9 Å². The number of aliphatic hydroxyl groups is 1. The third-order valence-electron chi connectivity index (χ3n) is 3.96. The first-order valence-electron chi connectivity index (χ1n) is 7.93. The molecule has 2 rings (SSSR count). The van der Waals surface area contributed by atoms with Crippen LogP contribution in [0.25, 0.3) is 0 Å². The van der Waals surface area contributed by atoms with Crippen LogP contribution in [0.4, 0.5) is 8.78 Å². The number of nitrogens with zero attached hydrogens (tertiary/aromatic N) is 1. The minimum atomic E-state index is -1.14. The van der Waals surface area contributed by atoms with Gasteiger partial charge in [-0.05, 0) is 30.9 Å². The zero-order chi connectivity index (χ0) is 16.1. The molecule has 0 radical (unpaired) electrons. The van der Waals surface area contributed by atoms with Crippen molar-refractivity contribution in [3.63, 3.8) is 0 Å². The van der Waals surface area contributed by atoms with Crippen molar-refractivity contribution in [1.82, 2.24) is 4.90 Å². The molecule has 1 aromatic carbocycles. The summed E-state index contributed by atoms with van der Waals surface area (Å²) in [7, 11) is 0. The highest BCUT2D eigenvalue weighted by molar-refractivity contribution is 5.22. The van der Waals surface area contributed by atoms with Gasteiger partial charge < -0.3 is 14.7 Å². The number of benzene rings is 1. The number of hydrogen-bond donors (Lipinski definition) is 1. The number of β-amino-alcohol motifs (C(OH)–C–C–N with tert-alkyl or cyclic N) is 1. The maximum absolute atomic E-state index is 13.7. The van der Waals surface area contributed by atoms with Gasteiger partial charge in [0, 0.05) is 26.2 Å². The van der Waals surface area contributed by atoms with Gasteiger partial charge in [-0.1, -0.05) is 19.9 Å².